The van der Waals surface area contributed by atoms with Crippen LogP contribution < -0.4 is 5.32 Å². The molecule has 0 spiro atoms. The molecular formula is C32H36N6O3. The van der Waals surface area contributed by atoms with Crippen molar-refractivity contribution in [1.29, 1.82) is 0 Å². The Kier molecular flexibility index (Phi) is 8.14. The summed E-state index contributed by atoms with van der Waals surface area (Å²) in [5.74, 6) is 0.504. The number of imide groups is 1. The highest BCUT2D eigenvalue weighted by Gasteiger charge is 2.35. The number of allylic oxidation sites excluding steroid dienone is 1. The van der Waals surface area contributed by atoms with E-state index in [-0.39, 0.29) is 24.3 Å². The number of benzene rings is 2. The summed E-state index contributed by atoms with van der Waals surface area (Å²) in [5.41, 5.74) is 3.06. The van der Waals surface area contributed by atoms with Gasteiger partial charge in [0.05, 0.1) is 18.4 Å². The van der Waals surface area contributed by atoms with E-state index >= 15 is 0 Å². The zero-order chi connectivity index (χ0) is 29.0. The number of nitrogens with one attached hydrogen (secondary N) is 1. The van der Waals surface area contributed by atoms with Gasteiger partial charge in [-0.15, -0.1) is 0 Å². The third kappa shape index (κ3) is 6.29. The summed E-state index contributed by atoms with van der Waals surface area (Å²) < 4.78 is 7.51. The molecule has 212 valence electrons. The highest BCUT2D eigenvalue weighted by atomic mass is 16.6. The minimum atomic E-state index is -0.702. The summed E-state index contributed by atoms with van der Waals surface area (Å²) in [6.45, 7) is 7.74. The van der Waals surface area contributed by atoms with Crippen LogP contribution >= 0.6 is 0 Å². The topological polar surface area (TPSA) is 102 Å². The molecule has 2 heterocycles. The number of amides is 2. The maximum Gasteiger partial charge on any atom is 0.417 e. The highest BCUT2D eigenvalue weighted by Crippen LogP contribution is 2.32. The fraction of sp³-hybridized carbons (Fsp3) is 0.344. The Labute approximate surface area is 240 Å². The lowest BCUT2D eigenvalue weighted by Gasteiger charge is -2.29. The number of rotatable bonds is 8. The van der Waals surface area contributed by atoms with E-state index in [1.165, 1.54) is 22.4 Å². The van der Waals surface area contributed by atoms with Crippen LogP contribution in [0.25, 0.3) is 11.2 Å². The molecule has 0 radical (unpaired) electrons. The minimum Gasteiger partial charge on any atom is -0.443 e. The fourth-order valence-corrected chi connectivity index (χ4v) is 5.18. The van der Waals surface area contributed by atoms with Gasteiger partial charge in [-0.3, -0.25) is 4.79 Å². The fourth-order valence-electron chi connectivity index (χ4n) is 5.18. The largest absolute Gasteiger partial charge is 0.443 e. The Bertz CT molecular complexity index is 1490. The van der Waals surface area contributed by atoms with Gasteiger partial charge in [0.2, 0.25) is 5.91 Å². The number of hydrogen-bond acceptors (Lipinski definition) is 7. The molecule has 1 aliphatic carbocycles. The van der Waals surface area contributed by atoms with E-state index in [0.29, 0.717) is 29.9 Å². The van der Waals surface area contributed by atoms with E-state index < -0.39 is 17.7 Å². The first-order valence-electron chi connectivity index (χ1n) is 14.0. The van der Waals surface area contributed by atoms with Gasteiger partial charge in [0.1, 0.15) is 17.4 Å². The van der Waals surface area contributed by atoms with Crippen LogP contribution in [0.2, 0.25) is 0 Å². The molecule has 2 aromatic carbocycles. The number of imidazole rings is 1. The number of carbonyl (C=O) groups excluding carboxylic acids is 2. The molecule has 4 aromatic rings. The number of aromatic nitrogens is 4. The summed E-state index contributed by atoms with van der Waals surface area (Å²) >= 11 is 0. The van der Waals surface area contributed by atoms with Crippen molar-refractivity contribution in [3.05, 3.63) is 96.6 Å². The van der Waals surface area contributed by atoms with Crippen LogP contribution in [-0.2, 0) is 9.53 Å². The van der Waals surface area contributed by atoms with Crippen molar-refractivity contribution in [2.24, 2.45) is 0 Å². The van der Waals surface area contributed by atoms with Gasteiger partial charge in [0.25, 0.3) is 0 Å². The van der Waals surface area contributed by atoms with Gasteiger partial charge < -0.3 is 14.6 Å². The molecule has 0 saturated carbocycles. The van der Waals surface area contributed by atoms with Gasteiger partial charge in [-0.25, -0.2) is 24.6 Å². The average Bonchev–Trinajstić information content (AvgIpc) is 3.61. The number of ether oxygens (including phenoxy) is 1. The lowest BCUT2D eigenvalue weighted by atomic mass is 9.91. The molecule has 0 fully saturated rings. The van der Waals surface area contributed by atoms with Gasteiger partial charge in [0.15, 0.2) is 11.5 Å². The molecule has 0 saturated heterocycles. The first kappa shape index (κ1) is 28.0. The van der Waals surface area contributed by atoms with Crippen molar-refractivity contribution in [3.8, 4) is 0 Å². The van der Waals surface area contributed by atoms with Crippen molar-refractivity contribution < 1.29 is 14.3 Å². The maximum atomic E-state index is 12.9. The maximum absolute atomic E-state index is 12.9. The Morgan fingerprint density at radius 3 is 2.27 bits per heavy atom. The second kappa shape index (κ2) is 11.9. The van der Waals surface area contributed by atoms with Crippen LogP contribution in [0.1, 0.15) is 63.6 Å². The quantitative estimate of drug-likeness (QED) is 0.263. The van der Waals surface area contributed by atoms with E-state index in [2.05, 4.69) is 68.8 Å². The monoisotopic (exact) mass is 552 g/mol. The highest BCUT2D eigenvalue weighted by molar-refractivity contribution is 5.92. The van der Waals surface area contributed by atoms with Gasteiger partial charge in [-0.2, -0.15) is 0 Å². The third-order valence-corrected chi connectivity index (χ3v) is 7.12. The second-order valence-electron chi connectivity index (χ2n) is 11.2. The molecule has 0 bridgehead atoms. The molecule has 0 unspecified atom stereocenters. The Balaban J connectivity index is 1.35. The molecular weight excluding hydrogens is 516 g/mol. The number of nitrogens with zero attached hydrogens (tertiary/aromatic N) is 5. The minimum absolute atomic E-state index is 0.123. The molecule has 2 amide bonds. The lowest BCUT2D eigenvalue weighted by molar-refractivity contribution is -0.131. The summed E-state index contributed by atoms with van der Waals surface area (Å²) in [6, 6.07) is 20.2. The zero-order valence-electron chi connectivity index (χ0n) is 23.9. The number of fused-ring (bicyclic) bond motifs is 1. The molecule has 2 atom stereocenters. The van der Waals surface area contributed by atoms with Gasteiger partial charge in [-0.05, 0) is 38.3 Å². The van der Waals surface area contributed by atoms with Crippen LogP contribution in [0.15, 0.2) is 85.5 Å². The summed E-state index contributed by atoms with van der Waals surface area (Å²) in [7, 11) is 0. The molecule has 1 N–H and O–H groups in total. The summed E-state index contributed by atoms with van der Waals surface area (Å²) in [6.07, 6.45) is 7.24. The molecule has 9 nitrogen and oxygen atoms in total. The zero-order valence-corrected chi connectivity index (χ0v) is 23.9. The second-order valence-corrected chi connectivity index (χ2v) is 11.2. The lowest BCUT2D eigenvalue weighted by Crippen LogP contribution is -2.45. The van der Waals surface area contributed by atoms with Crippen LogP contribution in [0.5, 0.6) is 0 Å². The molecule has 0 aliphatic heterocycles. The Morgan fingerprint density at radius 1 is 1.00 bits per heavy atom. The summed E-state index contributed by atoms with van der Waals surface area (Å²) in [4.78, 5) is 40.6. The Hall–Kier alpha value is -4.53. The first-order valence-corrected chi connectivity index (χ1v) is 14.0. The van der Waals surface area contributed by atoms with Gasteiger partial charge in [0, 0.05) is 18.9 Å². The van der Waals surface area contributed by atoms with Crippen molar-refractivity contribution in [2.45, 2.75) is 64.1 Å². The molecule has 5 rings (SSSR count). The van der Waals surface area contributed by atoms with Crippen LogP contribution in [0, 0.1) is 0 Å². The van der Waals surface area contributed by atoms with E-state index in [9.17, 15) is 9.59 Å². The van der Waals surface area contributed by atoms with E-state index in [1.54, 1.807) is 34.0 Å². The molecule has 9 heteroatoms. The van der Waals surface area contributed by atoms with Crippen LogP contribution in [0.4, 0.5) is 10.6 Å². The molecule has 1 aliphatic rings. The van der Waals surface area contributed by atoms with Crippen molar-refractivity contribution >= 4 is 29.0 Å². The van der Waals surface area contributed by atoms with Gasteiger partial charge in [-0.1, -0.05) is 79.7 Å². The third-order valence-electron chi connectivity index (χ3n) is 7.12. The Morgan fingerprint density at radius 2 is 1.66 bits per heavy atom. The summed E-state index contributed by atoms with van der Waals surface area (Å²) in [5, 5.41) is 3.52. The molecule has 2 aromatic heterocycles. The van der Waals surface area contributed by atoms with Crippen molar-refractivity contribution in [3.63, 3.8) is 0 Å². The van der Waals surface area contributed by atoms with E-state index in [4.69, 9.17) is 4.74 Å². The first-order chi connectivity index (χ1) is 19.7. The van der Waals surface area contributed by atoms with Crippen LogP contribution in [0.3, 0.4) is 0 Å². The van der Waals surface area contributed by atoms with E-state index in [1.807, 2.05) is 28.9 Å². The molecule has 41 heavy (non-hydrogen) atoms. The predicted molar refractivity (Wildman–Crippen MR) is 158 cm³/mol. The van der Waals surface area contributed by atoms with E-state index in [0.717, 1.165) is 0 Å². The number of anilines is 1. The predicted octanol–water partition coefficient (Wildman–Crippen LogP) is 6.11. The SMILES string of the molecule is CCC(=O)N(C(=O)OC(C)(C)C)[C@@H]1C=C[C@H](n2cnc3c(NCC(c4ccccc4)c4ccccc4)ncnc32)C1. The average molecular weight is 553 g/mol. The van der Waals surface area contributed by atoms with Crippen molar-refractivity contribution in [1.82, 2.24) is 24.4 Å². The normalized spacial score (nSPS) is 16.7. The number of hydrogen-bond donors (Lipinski definition) is 1. The number of carbonyl (C=O) groups is 2. The smallest absolute Gasteiger partial charge is 0.417 e. The van der Waals surface area contributed by atoms with Crippen LogP contribution in [-0.4, -0.2) is 54.6 Å². The van der Waals surface area contributed by atoms with Gasteiger partial charge >= 0.3 is 6.09 Å². The standard InChI is InChI=1S/C32H36N6O3/c1-5-27(39)38(31(40)41-32(2,3)4)25-17-16-24(18-25)37-21-36-28-29(34-20-35-30(28)37)33-19-26(22-12-8-6-9-13-22)23-14-10-7-11-15-23/h6-17,20-21,24-26H,5,18-19H2,1-4H3,(H,33,34,35)/t24-,25+/m0/s1. The van der Waals surface area contributed by atoms with Crippen molar-refractivity contribution in [2.75, 3.05) is 11.9 Å².